The standard InChI is InChI=1S/C12H18N2OS/c15-10-2-1-5-14(7-10)8-11-6-13-12(16-11)9-3-4-9/h6,9-10,15H,1-5,7-8H2. The number of β-amino-alcohol motifs (C(OH)–C–C–N with tert-alkyl or cyclic N) is 1. The van der Waals surface area contributed by atoms with E-state index in [1.807, 2.05) is 17.5 Å². The summed E-state index contributed by atoms with van der Waals surface area (Å²) >= 11 is 1.86. The van der Waals surface area contributed by atoms with Crippen LogP contribution in [0.4, 0.5) is 0 Å². The first kappa shape index (κ1) is 10.7. The predicted octanol–water partition coefficient (Wildman–Crippen LogP) is 1.98. The summed E-state index contributed by atoms with van der Waals surface area (Å²) in [5.74, 6) is 0.769. The molecule has 1 N–H and O–H groups in total. The van der Waals surface area contributed by atoms with Gasteiger partial charge < -0.3 is 5.11 Å². The first-order chi connectivity index (χ1) is 7.81. The maximum atomic E-state index is 9.61. The number of hydrogen-bond acceptors (Lipinski definition) is 4. The summed E-state index contributed by atoms with van der Waals surface area (Å²) in [6.07, 6.45) is 6.65. The SMILES string of the molecule is OC1CCCN(Cc2cnc(C3CC3)s2)C1. The number of nitrogens with zero attached hydrogens (tertiary/aromatic N) is 2. The molecule has 1 aromatic rings. The van der Waals surface area contributed by atoms with Gasteiger partial charge >= 0.3 is 0 Å². The number of rotatable bonds is 3. The maximum Gasteiger partial charge on any atom is 0.0959 e. The minimum Gasteiger partial charge on any atom is -0.392 e. The highest BCUT2D eigenvalue weighted by Crippen LogP contribution is 2.41. The van der Waals surface area contributed by atoms with Gasteiger partial charge in [-0.3, -0.25) is 4.90 Å². The van der Waals surface area contributed by atoms with E-state index in [1.54, 1.807) is 0 Å². The lowest BCUT2D eigenvalue weighted by molar-refractivity contribution is 0.0673. The van der Waals surface area contributed by atoms with E-state index in [2.05, 4.69) is 9.88 Å². The van der Waals surface area contributed by atoms with Crippen LogP contribution < -0.4 is 0 Å². The molecule has 88 valence electrons. The smallest absolute Gasteiger partial charge is 0.0959 e. The number of hydrogen-bond donors (Lipinski definition) is 1. The van der Waals surface area contributed by atoms with E-state index in [1.165, 1.54) is 22.7 Å². The molecule has 16 heavy (non-hydrogen) atoms. The van der Waals surface area contributed by atoms with Gasteiger partial charge in [-0.25, -0.2) is 4.98 Å². The van der Waals surface area contributed by atoms with Gasteiger partial charge in [0.2, 0.25) is 0 Å². The Bertz CT molecular complexity index is 362. The fourth-order valence-electron chi connectivity index (χ4n) is 2.31. The van der Waals surface area contributed by atoms with Crippen molar-refractivity contribution in [2.24, 2.45) is 0 Å². The molecule has 0 radical (unpaired) electrons. The number of likely N-dealkylation sites (tertiary alicyclic amines) is 1. The minimum absolute atomic E-state index is 0.121. The molecule has 1 aliphatic carbocycles. The Morgan fingerprint density at radius 3 is 3.06 bits per heavy atom. The summed E-state index contributed by atoms with van der Waals surface area (Å²) in [6, 6.07) is 0. The van der Waals surface area contributed by atoms with Gasteiger partial charge in [-0.05, 0) is 32.2 Å². The molecule has 0 bridgehead atoms. The molecule has 3 nitrogen and oxygen atoms in total. The molecule has 1 aromatic heterocycles. The van der Waals surface area contributed by atoms with Gasteiger partial charge in [0.05, 0.1) is 11.1 Å². The van der Waals surface area contributed by atoms with Crippen molar-refractivity contribution in [3.8, 4) is 0 Å². The second-order valence-corrected chi connectivity index (χ2v) is 6.12. The van der Waals surface area contributed by atoms with E-state index < -0.39 is 0 Å². The summed E-state index contributed by atoms with van der Waals surface area (Å²) in [7, 11) is 0. The lowest BCUT2D eigenvalue weighted by atomic mass is 10.1. The van der Waals surface area contributed by atoms with Crippen LogP contribution in [0.25, 0.3) is 0 Å². The van der Waals surface area contributed by atoms with Crippen LogP contribution in [0.5, 0.6) is 0 Å². The van der Waals surface area contributed by atoms with Crippen LogP contribution in [0.3, 0.4) is 0 Å². The Morgan fingerprint density at radius 1 is 1.44 bits per heavy atom. The average Bonchev–Trinajstić information content (AvgIpc) is 3.01. The molecular formula is C12H18N2OS. The third kappa shape index (κ3) is 2.44. The molecular weight excluding hydrogens is 220 g/mol. The molecule has 1 saturated heterocycles. The molecule has 0 aromatic carbocycles. The van der Waals surface area contributed by atoms with E-state index in [9.17, 15) is 5.11 Å². The third-order valence-electron chi connectivity index (χ3n) is 3.36. The van der Waals surface area contributed by atoms with Crippen LogP contribution in [0.2, 0.25) is 0 Å². The van der Waals surface area contributed by atoms with Gasteiger partial charge in [-0.1, -0.05) is 0 Å². The van der Waals surface area contributed by atoms with E-state index in [4.69, 9.17) is 0 Å². The fraction of sp³-hybridized carbons (Fsp3) is 0.750. The zero-order valence-corrected chi connectivity index (χ0v) is 10.2. The molecule has 4 heteroatoms. The van der Waals surface area contributed by atoms with Crippen molar-refractivity contribution in [2.45, 2.75) is 44.2 Å². The van der Waals surface area contributed by atoms with Crippen molar-refractivity contribution in [1.29, 1.82) is 0 Å². The van der Waals surface area contributed by atoms with Crippen molar-refractivity contribution in [1.82, 2.24) is 9.88 Å². The molecule has 0 spiro atoms. The molecule has 2 heterocycles. The van der Waals surface area contributed by atoms with Gasteiger partial charge in [-0.15, -0.1) is 11.3 Å². The summed E-state index contributed by atoms with van der Waals surface area (Å²) in [4.78, 5) is 8.20. The molecule has 1 unspecified atom stereocenters. The summed E-state index contributed by atoms with van der Waals surface area (Å²) < 4.78 is 0. The monoisotopic (exact) mass is 238 g/mol. The Morgan fingerprint density at radius 2 is 2.31 bits per heavy atom. The first-order valence-corrected chi connectivity index (χ1v) is 6.98. The highest BCUT2D eigenvalue weighted by molar-refractivity contribution is 7.11. The van der Waals surface area contributed by atoms with Crippen LogP contribution >= 0.6 is 11.3 Å². The van der Waals surface area contributed by atoms with Crippen molar-refractivity contribution in [3.63, 3.8) is 0 Å². The zero-order valence-electron chi connectivity index (χ0n) is 9.43. The van der Waals surface area contributed by atoms with E-state index in [0.717, 1.165) is 38.4 Å². The number of piperidine rings is 1. The number of aromatic nitrogens is 1. The molecule has 0 amide bonds. The zero-order chi connectivity index (χ0) is 11.0. The third-order valence-corrected chi connectivity index (χ3v) is 4.50. The van der Waals surface area contributed by atoms with Crippen LogP contribution in [0.1, 0.15) is 41.5 Å². The maximum absolute atomic E-state index is 9.61. The summed E-state index contributed by atoms with van der Waals surface area (Å²) in [6.45, 7) is 2.92. The lowest BCUT2D eigenvalue weighted by Crippen LogP contribution is -2.37. The quantitative estimate of drug-likeness (QED) is 0.874. The summed E-state index contributed by atoms with van der Waals surface area (Å²) in [5.41, 5.74) is 0. The number of aliphatic hydroxyl groups is 1. The fourth-order valence-corrected chi connectivity index (χ4v) is 3.44. The van der Waals surface area contributed by atoms with Crippen LogP contribution in [0.15, 0.2) is 6.20 Å². The first-order valence-electron chi connectivity index (χ1n) is 6.16. The minimum atomic E-state index is -0.121. The van der Waals surface area contributed by atoms with Gasteiger partial charge in [0.1, 0.15) is 0 Å². The topological polar surface area (TPSA) is 36.4 Å². The highest BCUT2D eigenvalue weighted by Gasteiger charge is 2.27. The van der Waals surface area contributed by atoms with E-state index in [-0.39, 0.29) is 6.10 Å². The van der Waals surface area contributed by atoms with Gasteiger partial charge in [0.25, 0.3) is 0 Å². The second kappa shape index (κ2) is 4.43. The lowest BCUT2D eigenvalue weighted by Gasteiger charge is -2.29. The molecule has 3 rings (SSSR count). The molecule has 1 saturated carbocycles. The van der Waals surface area contributed by atoms with Gasteiger partial charge in [0, 0.05) is 30.1 Å². The van der Waals surface area contributed by atoms with E-state index >= 15 is 0 Å². The average molecular weight is 238 g/mol. The van der Waals surface area contributed by atoms with Crippen molar-refractivity contribution >= 4 is 11.3 Å². The molecule has 1 aliphatic heterocycles. The van der Waals surface area contributed by atoms with E-state index in [0.29, 0.717) is 0 Å². The van der Waals surface area contributed by atoms with Crippen LogP contribution in [0, 0.1) is 0 Å². The van der Waals surface area contributed by atoms with Crippen LogP contribution in [-0.2, 0) is 6.54 Å². The molecule has 1 atom stereocenters. The predicted molar refractivity (Wildman–Crippen MR) is 64.6 cm³/mol. The Labute approximate surface area is 100 Å². The van der Waals surface area contributed by atoms with Crippen molar-refractivity contribution in [2.75, 3.05) is 13.1 Å². The van der Waals surface area contributed by atoms with Gasteiger partial charge in [0.15, 0.2) is 0 Å². The number of thiazole rings is 1. The largest absolute Gasteiger partial charge is 0.392 e. The van der Waals surface area contributed by atoms with Gasteiger partial charge in [-0.2, -0.15) is 0 Å². The van der Waals surface area contributed by atoms with Crippen molar-refractivity contribution in [3.05, 3.63) is 16.1 Å². The molecule has 2 fully saturated rings. The Balaban J connectivity index is 1.59. The number of aliphatic hydroxyl groups excluding tert-OH is 1. The Hall–Kier alpha value is -0.450. The van der Waals surface area contributed by atoms with Crippen molar-refractivity contribution < 1.29 is 5.11 Å². The Kier molecular flexibility index (Phi) is 2.96. The van der Waals surface area contributed by atoms with Crippen LogP contribution in [-0.4, -0.2) is 34.2 Å². The molecule has 2 aliphatic rings. The second-order valence-electron chi connectivity index (χ2n) is 4.97. The summed E-state index contributed by atoms with van der Waals surface area (Å²) in [5, 5.41) is 10.9. The normalized spacial score (nSPS) is 27.2. The highest BCUT2D eigenvalue weighted by atomic mass is 32.1.